The van der Waals surface area contributed by atoms with Gasteiger partial charge in [0.25, 0.3) is 5.91 Å². The number of halogens is 1. The van der Waals surface area contributed by atoms with Gasteiger partial charge in [0, 0.05) is 0 Å². The lowest BCUT2D eigenvalue weighted by Crippen LogP contribution is -2.16. The lowest BCUT2D eigenvalue weighted by molar-refractivity contribution is 0.0697. The molecule has 1 amide bonds. The number of carboxylic acids is 1. The molecule has 0 saturated carbocycles. The van der Waals surface area contributed by atoms with Gasteiger partial charge in [0.05, 0.1) is 17.4 Å². The SMILES string of the molecule is O=C(Nc1c(F)cccc1C(=O)O)c1cn[nH]n1. The minimum atomic E-state index is -1.34. The van der Waals surface area contributed by atoms with Crippen LogP contribution in [0.5, 0.6) is 0 Å². The van der Waals surface area contributed by atoms with E-state index in [1.807, 2.05) is 0 Å². The Kier molecular flexibility index (Phi) is 3.00. The zero-order chi connectivity index (χ0) is 13.1. The van der Waals surface area contributed by atoms with Crippen molar-refractivity contribution in [3.05, 3.63) is 41.5 Å². The number of nitrogens with one attached hydrogen (secondary N) is 2. The van der Waals surface area contributed by atoms with Gasteiger partial charge in [-0.1, -0.05) is 6.07 Å². The number of hydrogen-bond donors (Lipinski definition) is 3. The van der Waals surface area contributed by atoms with Gasteiger partial charge in [-0.25, -0.2) is 9.18 Å². The van der Waals surface area contributed by atoms with Gasteiger partial charge < -0.3 is 10.4 Å². The molecule has 2 aromatic rings. The topological polar surface area (TPSA) is 108 Å². The van der Waals surface area contributed by atoms with Crippen molar-refractivity contribution in [1.29, 1.82) is 0 Å². The summed E-state index contributed by atoms with van der Waals surface area (Å²) >= 11 is 0. The van der Waals surface area contributed by atoms with E-state index >= 15 is 0 Å². The fourth-order valence-electron chi connectivity index (χ4n) is 1.32. The second-order valence-electron chi connectivity index (χ2n) is 3.28. The summed E-state index contributed by atoms with van der Waals surface area (Å²) in [6, 6.07) is 3.47. The Morgan fingerprint density at radius 2 is 2.17 bits per heavy atom. The molecule has 0 bridgehead atoms. The zero-order valence-electron chi connectivity index (χ0n) is 8.85. The molecule has 0 aliphatic heterocycles. The first kappa shape index (κ1) is 11.7. The number of aromatic nitrogens is 3. The smallest absolute Gasteiger partial charge is 0.337 e. The van der Waals surface area contributed by atoms with Crippen molar-refractivity contribution in [3.63, 3.8) is 0 Å². The number of benzene rings is 1. The van der Waals surface area contributed by atoms with E-state index in [0.717, 1.165) is 12.3 Å². The lowest BCUT2D eigenvalue weighted by Gasteiger charge is -2.07. The largest absolute Gasteiger partial charge is 0.478 e. The molecule has 2 rings (SSSR count). The fraction of sp³-hybridized carbons (Fsp3) is 0. The molecule has 0 aliphatic carbocycles. The predicted octanol–water partition coefficient (Wildman–Crippen LogP) is 0.894. The van der Waals surface area contributed by atoms with Crippen LogP contribution in [-0.4, -0.2) is 32.4 Å². The minimum absolute atomic E-state index is 0.0745. The molecule has 92 valence electrons. The third-order valence-electron chi connectivity index (χ3n) is 2.13. The second-order valence-corrected chi connectivity index (χ2v) is 3.28. The van der Waals surface area contributed by atoms with Crippen LogP contribution in [0.3, 0.4) is 0 Å². The van der Waals surface area contributed by atoms with Crippen molar-refractivity contribution in [2.45, 2.75) is 0 Å². The first-order chi connectivity index (χ1) is 8.59. The highest BCUT2D eigenvalue weighted by atomic mass is 19.1. The van der Waals surface area contributed by atoms with E-state index in [4.69, 9.17) is 5.11 Å². The second kappa shape index (κ2) is 4.62. The van der Waals surface area contributed by atoms with Crippen LogP contribution in [0.1, 0.15) is 20.8 Å². The molecule has 0 atom stereocenters. The number of hydrogen-bond acceptors (Lipinski definition) is 4. The average molecular weight is 250 g/mol. The molecular weight excluding hydrogens is 243 g/mol. The van der Waals surface area contributed by atoms with Gasteiger partial charge >= 0.3 is 5.97 Å². The number of aromatic amines is 1. The van der Waals surface area contributed by atoms with E-state index in [2.05, 4.69) is 20.7 Å². The molecule has 0 spiro atoms. The molecule has 18 heavy (non-hydrogen) atoms. The first-order valence-corrected chi connectivity index (χ1v) is 4.78. The maximum Gasteiger partial charge on any atom is 0.337 e. The summed E-state index contributed by atoms with van der Waals surface area (Å²) in [5.41, 5.74) is -0.820. The molecule has 0 saturated heterocycles. The van der Waals surface area contributed by atoms with Crippen molar-refractivity contribution in [2.75, 3.05) is 5.32 Å². The Labute approximate surface area is 99.6 Å². The Morgan fingerprint density at radius 3 is 2.78 bits per heavy atom. The summed E-state index contributed by atoms with van der Waals surface area (Å²) in [5, 5.41) is 20.2. The average Bonchev–Trinajstić information content (AvgIpc) is 2.85. The summed E-state index contributed by atoms with van der Waals surface area (Å²) in [7, 11) is 0. The number of anilines is 1. The summed E-state index contributed by atoms with van der Waals surface area (Å²) in [6.07, 6.45) is 1.14. The number of H-pyrrole nitrogens is 1. The van der Waals surface area contributed by atoms with Crippen LogP contribution < -0.4 is 5.32 Å². The molecule has 8 heteroatoms. The Hall–Kier alpha value is -2.77. The molecule has 1 heterocycles. The molecular formula is C10H7FN4O3. The van der Waals surface area contributed by atoms with E-state index in [-0.39, 0.29) is 11.3 Å². The quantitative estimate of drug-likeness (QED) is 0.749. The van der Waals surface area contributed by atoms with Crippen LogP contribution in [0.4, 0.5) is 10.1 Å². The van der Waals surface area contributed by atoms with E-state index in [9.17, 15) is 14.0 Å². The normalized spacial score (nSPS) is 10.1. The lowest BCUT2D eigenvalue weighted by atomic mass is 10.1. The molecule has 0 unspecified atom stereocenters. The third-order valence-corrected chi connectivity index (χ3v) is 2.13. The van der Waals surface area contributed by atoms with Crippen LogP contribution in [-0.2, 0) is 0 Å². The standard InChI is InChI=1S/C10H7FN4O3/c11-6-3-1-2-5(10(17)18)8(6)13-9(16)7-4-12-15-14-7/h1-4H,(H,13,16)(H,17,18)(H,12,14,15). The zero-order valence-corrected chi connectivity index (χ0v) is 8.85. The molecule has 0 fully saturated rings. The number of carboxylic acid groups (broad SMARTS) is 1. The highest BCUT2D eigenvalue weighted by Crippen LogP contribution is 2.20. The van der Waals surface area contributed by atoms with Crippen molar-refractivity contribution >= 4 is 17.6 Å². The van der Waals surface area contributed by atoms with Gasteiger partial charge in [0.2, 0.25) is 0 Å². The Morgan fingerprint density at radius 1 is 1.39 bits per heavy atom. The van der Waals surface area contributed by atoms with Gasteiger partial charge in [-0.05, 0) is 12.1 Å². The molecule has 7 nitrogen and oxygen atoms in total. The monoisotopic (exact) mass is 250 g/mol. The van der Waals surface area contributed by atoms with Gasteiger partial charge in [-0.3, -0.25) is 4.79 Å². The van der Waals surface area contributed by atoms with Gasteiger partial charge in [-0.2, -0.15) is 15.4 Å². The Bertz CT molecular complexity index is 597. The minimum Gasteiger partial charge on any atom is -0.478 e. The van der Waals surface area contributed by atoms with E-state index in [0.29, 0.717) is 0 Å². The number of para-hydroxylation sites is 1. The number of aromatic carboxylic acids is 1. The molecule has 1 aromatic carbocycles. The van der Waals surface area contributed by atoms with Crippen molar-refractivity contribution in [3.8, 4) is 0 Å². The number of rotatable bonds is 3. The molecule has 0 radical (unpaired) electrons. The maximum absolute atomic E-state index is 13.5. The summed E-state index contributed by atoms with van der Waals surface area (Å²) in [4.78, 5) is 22.5. The van der Waals surface area contributed by atoms with Crippen molar-refractivity contribution in [1.82, 2.24) is 15.4 Å². The summed E-state index contributed by atoms with van der Waals surface area (Å²) in [5.74, 6) is -2.94. The molecule has 3 N–H and O–H groups in total. The summed E-state index contributed by atoms with van der Waals surface area (Å²) < 4.78 is 13.5. The highest BCUT2D eigenvalue weighted by molar-refractivity contribution is 6.06. The van der Waals surface area contributed by atoms with Crippen LogP contribution in [0.2, 0.25) is 0 Å². The van der Waals surface area contributed by atoms with E-state index in [1.54, 1.807) is 0 Å². The molecule has 0 aliphatic rings. The number of carbonyl (C=O) groups excluding carboxylic acids is 1. The third kappa shape index (κ3) is 2.17. The van der Waals surface area contributed by atoms with E-state index < -0.39 is 23.4 Å². The molecule has 1 aromatic heterocycles. The van der Waals surface area contributed by atoms with Crippen LogP contribution in [0.25, 0.3) is 0 Å². The maximum atomic E-state index is 13.5. The summed E-state index contributed by atoms with van der Waals surface area (Å²) in [6.45, 7) is 0. The first-order valence-electron chi connectivity index (χ1n) is 4.78. The van der Waals surface area contributed by atoms with Crippen LogP contribution >= 0.6 is 0 Å². The number of carbonyl (C=O) groups is 2. The van der Waals surface area contributed by atoms with Crippen molar-refractivity contribution < 1.29 is 19.1 Å². The van der Waals surface area contributed by atoms with Gasteiger partial charge in [0.15, 0.2) is 5.69 Å². The Balaban J connectivity index is 2.34. The predicted molar refractivity (Wildman–Crippen MR) is 57.7 cm³/mol. The van der Waals surface area contributed by atoms with Crippen LogP contribution in [0, 0.1) is 5.82 Å². The van der Waals surface area contributed by atoms with Gasteiger partial charge in [0.1, 0.15) is 5.82 Å². The van der Waals surface area contributed by atoms with E-state index in [1.165, 1.54) is 12.1 Å². The van der Waals surface area contributed by atoms with Gasteiger partial charge in [-0.15, -0.1) is 0 Å². The fourth-order valence-corrected chi connectivity index (χ4v) is 1.32. The number of nitrogens with zero attached hydrogens (tertiary/aromatic N) is 2. The van der Waals surface area contributed by atoms with Crippen LogP contribution in [0.15, 0.2) is 24.4 Å². The highest BCUT2D eigenvalue weighted by Gasteiger charge is 2.18. The van der Waals surface area contributed by atoms with Crippen molar-refractivity contribution in [2.24, 2.45) is 0 Å². The number of amides is 1.